The van der Waals surface area contributed by atoms with Crippen LogP contribution in [0.5, 0.6) is 0 Å². The average Bonchev–Trinajstić information content (AvgIpc) is 2.83. The lowest BCUT2D eigenvalue weighted by molar-refractivity contribution is -0.149. The normalized spacial score (nSPS) is 12.6. The highest BCUT2D eigenvalue weighted by Gasteiger charge is 2.26. The maximum absolute atomic E-state index is 12.9. The summed E-state index contributed by atoms with van der Waals surface area (Å²) in [5.74, 6) is -0.830. The van der Waals surface area contributed by atoms with Gasteiger partial charge in [0.25, 0.3) is 0 Å². The van der Waals surface area contributed by atoms with Gasteiger partial charge in [0.15, 0.2) is 0 Å². The van der Waals surface area contributed by atoms with Gasteiger partial charge in [0.2, 0.25) is 0 Å². The third-order valence-corrected chi connectivity index (χ3v) is 5.39. The molecule has 3 rings (SSSR count). The van der Waals surface area contributed by atoms with E-state index in [4.69, 9.17) is 21.1 Å². The van der Waals surface area contributed by atoms with E-state index in [2.05, 4.69) is 5.32 Å². The molecule has 6 heteroatoms. The molecule has 0 aliphatic rings. The molecule has 0 bridgehead atoms. The fraction of sp³-hybridized carbons (Fsp3) is 0.259. The van der Waals surface area contributed by atoms with Crippen LogP contribution in [0, 0.1) is 0 Å². The summed E-state index contributed by atoms with van der Waals surface area (Å²) in [7, 11) is 0. The molecular weight excluding hydrogens is 438 g/mol. The first-order chi connectivity index (χ1) is 16.0. The number of carbonyl (C=O) groups excluding carboxylic acids is 2. The minimum Gasteiger partial charge on any atom is -0.465 e. The van der Waals surface area contributed by atoms with Crippen molar-refractivity contribution >= 4 is 23.5 Å². The van der Waals surface area contributed by atoms with Crippen LogP contribution >= 0.6 is 11.6 Å². The van der Waals surface area contributed by atoms with Crippen LogP contribution in [0.4, 0.5) is 0 Å². The molecule has 0 radical (unpaired) electrons. The van der Waals surface area contributed by atoms with Crippen molar-refractivity contribution in [2.45, 2.75) is 39.0 Å². The summed E-state index contributed by atoms with van der Waals surface area (Å²) in [4.78, 5) is 25.0. The summed E-state index contributed by atoms with van der Waals surface area (Å²) < 4.78 is 10.6. The maximum atomic E-state index is 12.9. The molecule has 0 aliphatic carbocycles. The predicted octanol–water partition coefficient (Wildman–Crippen LogP) is 5.20. The molecule has 1 unspecified atom stereocenters. The van der Waals surface area contributed by atoms with E-state index in [0.29, 0.717) is 11.4 Å². The van der Waals surface area contributed by atoms with Gasteiger partial charge in [0.1, 0.15) is 18.7 Å². The van der Waals surface area contributed by atoms with Crippen LogP contribution in [0.1, 0.15) is 25.0 Å². The number of carbonyl (C=O) groups is 2. The van der Waals surface area contributed by atoms with Gasteiger partial charge in [-0.25, -0.2) is 0 Å². The highest BCUT2D eigenvalue weighted by atomic mass is 35.5. The molecule has 0 saturated carbocycles. The standard InChI is InChI=1S/C27H28ClNO4/c1-3-32-26(30)19(2)29-25(27(31)33-18-21-8-5-4-6-9-21)16-20-12-14-22(15-13-20)23-10-7-11-24(28)17-23/h4-15,17,19,25,29H,3,16,18H2,1-2H3/t19-,25?/m0/s1. The molecule has 3 aromatic carbocycles. The van der Waals surface area contributed by atoms with Crippen molar-refractivity contribution < 1.29 is 19.1 Å². The van der Waals surface area contributed by atoms with Crippen molar-refractivity contribution in [1.29, 1.82) is 0 Å². The second kappa shape index (κ2) is 12.2. The Hall–Kier alpha value is -3.15. The Morgan fingerprint density at radius 1 is 0.848 bits per heavy atom. The van der Waals surface area contributed by atoms with E-state index >= 15 is 0 Å². The molecule has 3 aromatic rings. The van der Waals surface area contributed by atoms with Crippen LogP contribution in [-0.4, -0.2) is 30.6 Å². The van der Waals surface area contributed by atoms with Gasteiger partial charge in [-0.2, -0.15) is 0 Å². The zero-order valence-electron chi connectivity index (χ0n) is 18.8. The summed E-state index contributed by atoms with van der Waals surface area (Å²) >= 11 is 6.10. The Bertz CT molecular complexity index is 1050. The van der Waals surface area contributed by atoms with Gasteiger partial charge in [-0.05, 0) is 54.7 Å². The molecule has 33 heavy (non-hydrogen) atoms. The molecule has 5 nitrogen and oxygen atoms in total. The Morgan fingerprint density at radius 2 is 1.58 bits per heavy atom. The topological polar surface area (TPSA) is 64.6 Å². The molecule has 2 atom stereocenters. The van der Waals surface area contributed by atoms with E-state index < -0.39 is 24.0 Å². The molecule has 0 amide bonds. The molecule has 0 saturated heterocycles. The number of halogens is 1. The molecule has 0 aromatic heterocycles. The van der Waals surface area contributed by atoms with Gasteiger partial charge in [-0.1, -0.05) is 78.3 Å². The second-order valence-electron chi connectivity index (χ2n) is 7.70. The smallest absolute Gasteiger partial charge is 0.323 e. The summed E-state index contributed by atoms with van der Waals surface area (Å²) in [6.45, 7) is 3.87. The van der Waals surface area contributed by atoms with Gasteiger partial charge in [0.05, 0.1) is 6.61 Å². The lowest BCUT2D eigenvalue weighted by Crippen LogP contribution is -2.48. The monoisotopic (exact) mass is 465 g/mol. The highest BCUT2D eigenvalue weighted by Crippen LogP contribution is 2.23. The third kappa shape index (κ3) is 7.45. The number of hydrogen-bond acceptors (Lipinski definition) is 5. The number of rotatable bonds is 10. The lowest BCUT2D eigenvalue weighted by Gasteiger charge is -2.21. The quantitative estimate of drug-likeness (QED) is 0.417. The molecule has 0 heterocycles. The van der Waals surface area contributed by atoms with Crippen LogP contribution in [0.3, 0.4) is 0 Å². The minimum atomic E-state index is -0.704. The first-order valence-electron chi connectivity index (χ1n) is 10.9. The van der Waals surface area contributed by atoms with E-state index in [0.717, 1.165) is 22.3 Å². The number of nitrogens with one attached hydrogen (secondary N) is 1. The molecular formula is C27H28ClNO4. The number of esters is 2. The van der Waals surface area contributed by atoms with Gasteiger partial charge in [-0.15, -0.1) is 0 Å². The van der Waals surface area contributed by atoms with Crippen LogP contribution in [0.2, 0.25) is 5.02 Å². The first kappa shape index (κ1) is 24.5. The fourth-order valence-electron chi connectivity index (χ4n) is 3.41. The van der Waals surface area contributed by atoms with E-state index in [1.165, 1.54) is 0 Å². The number of benzene rings is 3. The molecule has 0 fully saturated rings. The van der Waals surface area contributed by atoms with Gasteiger partial charge in [0, 0.05) is 5.02 Å². The molecule has 0 aliphatic heterocycles. The Labute approximate surface area is 199 Å². The van der Waals surface area contributed by atoms with E-state index in [1.807, 2.05) is 78.9 Å². The predicted molar refractivity (Wildman–Crippen MR) is 130 cm³/mol. The van der Waals surface area contributed by atoms with Crippen LogP contribution in [0.25, 0.3) is 11.1 Å². The maximum Gasteiger partial charge on any atom is 0.323 e. The summed E-state index contributed by atoms with van der Waals surface area (Å²) in [6.07, 6.45) is 0.368. The van der Waals surface area contributed by atoms with Crippen molar-refractivity contribution in [2.75, 3.05) is 6.61 Å². The molecule has 0 spiro atoms. The van der Waals surface area contributed by atoms with Gasteiger partial charge >= 0.3 is 11.9 Å². The number of hydrogen-bond donors (Lipinski definition) is 1. The van der Waals surface area contributed by atoms with Crippen LogP contribution < -0.4 is 5.32 Å². The zero-order valence-corrected chi connectivity index (χ0v) is 19.5. The van der Waals surface area contributed by atoms with Gasteiger partial charge in [-0.3, -0.25) is 14.9 Å². The van der Waals surface area contributed by atoms with Gasteiger partial charge < -0.3 is 9.47 Å². The highest BCUT2D eigenvalue weighted by molar-refractivity contribution is 6.30. The summed E-state index contributed by atoms with van der Waals surface area (Å²) in [6, 6.07) is 23.7. The van der Waals surface area contributed by atoms with Crippen LogP contribution in [0.15, 0.2) is 78.9 Å². The van der Waals surface area contributed by atoms with E-state index in [1.54, 1.807) is 13.8 Å². The average molecular weight is 466 g/mol. The van der Waals surface area contributed by atoms with E-state index in [9.17, 15) is 9.59 Å². The second-order valence-corrected chi connectivity index (χ2v) is 8.13. The minimum absolute atomic E-state index is 0.166. The van der Waals surface area contributed by atoms with Crippen molar-refractivity contribution in [3.63, 3.8) is 0 Å². The Balaban J connectivity index is 1.72. The first-order valence-corrected chi connectivity index (χ1v) is 11.3. The van der Waals surface area contributed by atoms with Crippen molar-refractivity contribution in [2.24, 2.45) is 0 Å². The Morgan fingerprint density at radius 3 is 2.24 bits per heavy atom. The largest absolute Gasteiger partial charge is 0.465 e. The number of ether oxygens (including phenoxy) is 2. The fourth-order valence-corrected chi connectivity index (χ4v) is 3.60. The van der Waals surface area contributed by atoms with E-state index in [-0.39, 0.29) is 13.2 Å². The summed E-state index contributed by atoms with van der Waals surface area (Å²) in [5, 5.41) is 3.75. The zero-order chi connectivity index (χ0) is 23.6. The summed E-state index contributed by atoms with van der Waals surface area (Å²) in [5.41, 5.74) is 3.87. The van der Waals surface area contributed by atoms with Crippen molar-refractivity contribution in [1.82, 2.24) is 5.32 Å². The van der Waals surface area contributed by atoms with Crippen LogP contribution in [-0.2, 0) is 32.1 Å². The van der Waals surface area contributed by atoms with Crippen molar-refractivity contribution in [3.05, 3.63) is 95.0 Å². The van der Waals surface area contributed by atoms with Crippen molar-refractivity contribution in [3.8, 4) is 11.1 Å². The SMILES string of the molecule is CCOC(=O)[C@H](C)NC(Cc1ccc(-c2cccc(Cl)c2)cc1)C(=O)OCc1ccccc1. The molecule has 172 valence electrons. The lowest BCUT2D eigenvalue weighted by atomic mass is 10.0. The Kier molecular flexibility index (Phi) is 9.04. The third-order valence-electron chi connectivity index (χ3n) is 5.15. The molecule has 1 N–H and O–H groups in total.